The summed E-state index contributed by atoms with van der Waals surface area (Å²) in [6, 6.07) is 8.25. The van der Waals surface area contributed by atoms with Gasteiger partial charge in [0.1, 0.15) is 5.92 Å². The van der Waals surface area contributed by atoms with Gasteiger partial charge in [-0.2, -0.15) is 0 Å². The lowest BCUT2D eigenvalue weighted by atomic mass is 10.0. The van der Waals surface area contributed by atoms with Crippen molar-refractivity contribution in [1.82, 2.24) is 10.6 Å². The molecule has 2 N–H and O–H groups in total. The molecule has 138 valence electrons. The van der Waals surface area contributed by atoms with E-state index in [0.29, 0.717) is 18.9 Å². The maximum Gasteiger partial charge on any atom is 0.239 e. The van der Waals surface area contributed by atoms with Crippen LogP contribution in [-0.2, 0) is 9.59 Å². The topological polar surface area (TPSA) is 61.4 Å². The van der Waals surface area contributed by atoms with E-state index in [9.17, 15) is 9.59 Å². The lowest BCUT2D eigenvalue weighted by Crippen LogP contribution is -2.48. The number of amides is 2. The molecule has 1 aromatic carbocycles. The number of halogens is 1. The van der Waals surface area contributed by atoms with Crippen LogP contribution in [0.5, 0.6) is 0 Å². The first-order chi connectivity index (χ1) is 11.6. The minimum atomic E-state index is -0.545. The Hall–Kier alpha value is -1.59. The van der Waals surface area contributed by atoms with Crippen LogP contribution in [0.15, 0.2) is 24.3 Å². The molecule has 6 heteroatoms. The lowest BCUT2D eigenvalue weighted by molar-refractivity contribution is -0.132. The molecule has 2 unspecified atom stereocenters. The van der Waals surface area contributed by atoms with Crippen molar-refractivity contribution in [2.75, 3.05) is 24.5 Å². The summed E-state index contributed by atoms with van der Waals surface area (Å²) in [7, 11) is 0. The maximum atomic E-state index is 12.7. The van der Waals surface area contributed by atoms with E-state index in [2.05, 4.69) is 36.6 Å². The summed E-state index contributed by atoms with van der Waals surface area (Å²) in [6.45, 7) is 6.72. The van der Waals surface area contributed by atoms with Gasteiger partial charge in [0, 0.05) is 24.8 Å². The van der Waals surface area contributed by atoms with Crippen molar-refractivity contribution >= 4 is 29.9 Å². The van der Waals surface area contributed by atoms with E-state index in [1.807, 2.05) is 12.1 Å². The third-order valence-corrected chi connectivity index (χ3v) is 5.04. The Kier molecular flexibility index (Phi) is 6.85. The van der Waals surface area contributed by atoms with Crippen LogP contribution in [-0.4, -0.2) is 37.5 Å². The van der Waals surface area contributed by atoms with Crippen molar-refractivity contribution in [1.29, 1.82) is 0 Å². The van der Waals surface area contributed by atoms with Crippen LogP contribution in [0.1, 0.15) is 44.6 Å². The molecule has 2 aliphatic heterocycles. The highest BCUT2D eigenvalue weighted by molar-refractivity contribution is 6.09. The van der Waals surface area contributed by atoms with Gasteiger partial charge in [-0.15, -0.1) is 12.4 Å². The monoisotopic (exact) mass is 365 g/mol. The maximum absolute atomic E-state index is 12.7. The molecule has 25 heavy (non-hydrogen) atoms. The number of hydrogen-bond donors (Lipinski definition) is 2. The predicted molar refractivity (Wildman–Crippen MR) is 102 cm³/mol. The van der Waals surface area contributed by atoms with Crippen LogP contribution < -0.4 is 15.5 Å². The molecule has 2 heterocycles. The Labute approximate surface area is 155 Å². The smallest absolute Gasteiger partial charge is 0.239 e. The number of carbonyl (C=O) groups is 2. The van der Waals surface area contributed by atoms with Gasteiger partial charge in [0.2, 0.25) is 11.8 Å². The Bertz CT molecular complexity index is 597. The number of piperidine rings is 1. The Morgan fingerprint density at radius 3 is 2.56 bits per heavy atom. The molecule has 2 amide bonds. The minimum Gasteiger partial charge on any atom is -0.351 e. The molecule has 2 saturated heterocycles. The van der Waals surface area contributed by atoms with Gasteiger partial charge in [-0.3, -0.25) is 9.59 Å². The quantitative estimate of drug-likeness (QED) is 0.806. The highest BCUT2D eigenvalue weighted by Gasteiger charge is 2.38. The molecule has 0 aromatic heterocycles. The number of anilines is 1. The Morgan fingerprint density at radius 2 is 1.96 bits per heavy atom. The second-order valence-electron chi connectivity index (χ2n) is 7.13. The average Bonchev–Trinajstić information content (AvgIpc) is 2.97. The Morgan fingerprint density at radius 1 is 1.24 bits per heavy atom. The van der Waals surface area contributed by atoms with E-state index in [0.717, 1.165) is 31.6 Å². The molecular weight excluding hydrogens is 338 g/mol. The molecule has 2 atom stereocenters. The molecule has 0 aliphatic carbocycles. The number of nitrogens with zero attached hydrogens (tertiary/aromatic N) is 1. The fourth-order valence-electron chi connectivity index (χ4n) is 3.50. The van der Waals surface area contributed by atoms with Crippen molar-refractivity contribution in [3.05, 3.63) is 29.8 Å². The first kappa shape index (κ1) is 19.7. The molecular formula is C19H28ClN3O2. The van der Waals surface area contributed by atoms with Crippen molar-refractivity contribution < 1.29 is 9.59 Å². The van der Waals surface area contributed by atoms with Gasteiger partial charge in [-0.05, 0) is 49.4 Å². The van der Waals surface area contributed by atoms with Gasteiger partial charge in [0.25, 0.3) is 0 Å². The molecule has 5 nitrogen and oxygen atoms in total. The van der Waals surface area contributed by atoms with Crippen LogP contribution in [0.4, 0.5) is 5.69 Å². The summed E-state index contributed by atoms with van der Waals surface area (Å²) in [4.78, 5) is 26.9. The molecule has 0 spiro atoms. The highest BCUT2D eigenvalue weighted by atomic mass is 35.5. The molecule has 0 bridgehead atoms. The molecule has 2 aliphatic rings. The van der Waals surface area contributed by atoms with Gasteiger partial charge < -0.3 is 15.5 Å². The van der Waals surface area contributed by atoms with Crippen LogP contribution >= 0.6 is 12.4 Å². The number of carbonyl (C=O) groups excluding carboxylic acids is 2. The SMILES string of the molecule is CC(C)c1ccc(N2CCC(C(=O)NC3CCCNC3)C2=O)cc1.Cl. The number of nitrogens with one attached hydrogen (secondary N) is 2. The zero-order valence-corrected chi connectivity index (χ0v) is 15.8. The van der Waals surface area contributed by atoms with E-state index >= 15 is 0 Å². The molecule has 3 rings (SSSR count). The highest BCUT2D eigenvalue weighted by Crippen LogP contribution is 2.27. The fourth-order valence-corrected chi connectivity index (χ4v) is 3.50. The van der Waals surface area contributed by atoms with E-state index < -0.39 is 5.92 Å². The Balaban J connectivity index is 0.00000225. The first-order valence-corrected chi connectivity index (χ1v) is 8.98. The number of rotatable bonds is 4. The zero-order chi connectivity index (χ0) is 17.1. The molecule has 1 aromatic rings. The third kappa shape index (κ3) is 4.53. The van der Waals surface area contributed by atoms with Crippen molar-refractivity contribution in [2.24, 2.45) is 5.92 Å². The van der Waals surface area contributed by atoms with E-state index in [1.54, 1.807) is 4.90 Å². The second-order valence-corrected chi connectivity index (χ2v) is 7.13. The minimum absolute atomic E-state index is 0. The predicted octanol–water partition coefficient (Wildman–Crippen LogP) is 2.45. The summed E-state index contributed by atoms with van der Waals surface area (Å²) in [5, 5.41) is 6.32. The van der Waals surface area contributed by atoms with Crippen molar-refractivity contribution in [2.45, 2.75) is 45.1 Å². The van der Waals surface area contributed by atoms with Gasteiger partial charge in [0.15, 0.2) is 0 Å². The van der Waals surface area contributed by atoms with Crippen LogP contribution in [0.2, 0.25) is 0 Å². The van der Waals surface area contributed by atoms with Crippen molar-refractivity contribution in [3.8, 4) is 0 Å². The standard InChI is InChI=1S/C19H27N3O2.ClH/c1-13(2)14-5-7-16(8-6-14)22-11-9-17(19(22)24)18(23)21-15-4-3-10-20-12-15;/h5-8,13,15,17,20H,3-4,9-12H2,1-2H3,(H,21,23);1H. The van der Waals surface area contributed by atoms with Gasteiger partial charge in [-0.25, -0.2) is 0 Å². The summed E-state index contributed by atoms with van der Waals surface area (Å²) in [5.41, 5.74) is 2.14. The average molecular weight is 366 g/mol. The largest absolute Gasteiger partial charge is 0.351 e. The second kappa shape index (κ2) is 8.68. The van der Waals surface area contributed by atoms with Crippen LogP contribution in [0.3, 0.4) is 0 Å². The third-order valence-electron chi connectivity index (χ3n) is 5.04. The fraction of sp³-hybridized carbons (Fsp3) is 0.579. The van der Waals surface area contributed by atoms with Crippen LogP contribution in [0, 0.1) is 5.92 Å². The summed E-state index contributed by atoms with van der Waals surface area (Å²) < 4.78 is 0. The van der Waals surface area contributed by atoms with Crippen molar-refractivity contribution in [3.63, 3.8) is 0 Å². The summed E-state index contributed by atoms with van der Waals surface area (Å²) >= 11 is 0. The zero-order valence-electron chi connectivity index (χ0n) is 15.0. The van der Waals surface area contributed by atoms with E-state index in [-0.39, 0.29) is 30.3 Å². The molecule has 2 fully saturated rings. The first-order valence-electron chi connectivity index (χ1n) is 8.98. The molecule has 0 radical (unpaired) electrons. The summed E-state index contributed by atoms with van der Waals surface area (Å²) in [5.74, 6) is -0.267. The van der Waals surface area contributed by atoms with E-state index in [4.69, 9.17) is 0 Å². The normalized spacial score (nSPS) is 23.5. The summed E-state index contributed by atoms with van der Waals surface area (Å²) in [6.07, 6.45) is 2.65. The lowest BCUT2D eigenvalue weighted by Gasteiger charge is -2.25. The van der Waals surface area contributed by atoms with Gasteiger partial charge >= 0.3 is 0 Å². The molecule has 0 saturated carbocycles. The number of benzene rings is 1. The van der Waals surface area contributed by atoms with Gasteiger partial charge in [-0.1, -0.05) is 26.0 Å². The van der Waals surface area contributed by atoms with Gasteiger partial charge in [0.05, 0.1) is 0 Å². The number of hydrogen-bond acceptors (Lipinski definition) is 3. The van der Waals surface area contributed by atoms with Crippen LogP contribution in [0.25, 0.3) is 0 Å². The van der Waals surface area contributed by atoms with E-state index in [1.165, 1.54) is 5.56 Å².